The number of nitrogens with zero attached hydrogens (tertiary/aromatic N) is 1. The molecule has 5 nitrogen and oxygen atoms in total. The van der Waals surface area contributed by atoms with Crippen molar-refractivity contribution in [2.75, 3.05) is 0 Å². The summed E-state index contributed by atoms with van der Waals surface area (Å²) < 4.78 is 0. The van der Waals surface area contributed by atoms with Crippen molar-refractivity contribution in [3.05, 3.63) is 0 Å². The van der Waals surface area contributed by atoms with Crippen LogP contribution < -0.4 is 40.0 Å². The Bertz CT molecular complexity index is 326. The normalized spacial score (nSPS) is 24.9. The molecule has 6 heteroatoms. The Morgan fingerprint density at radius 1 is 1.38 bits per heavy atom. The summed E-state index contributed by atoms with van der Waals surface area (Å²) in [6.07, 6.45) is 1.41. The van der Waals surface area contributed by atoms with Crippen LogP contribution in [-0.2, 0) is 9.59 Å². The Kier molecular flexibility index (Phi) is 5.65. The van der Waals surface area contributed by atoms with Gasteiger partial charge in [0.05, 0.1) is 6.02 Å². The van der Waals surface area contributed by atoms with Crippen LogP contribution in [0.25, 0.3) is 0 Å². The molecule has 16 heavy (non-hydrogen) atoms. The number of carbonyl (C=O) groups is 2. The van der Waals surface area contributed by atoms with Crippen LogP contribution in [0.15, 0.2) is 4.99 Å². The topological polar surface area (TPSA) is 81.6 Å². The zero-order valence-electron chi connectivity index (χ0n) is 10.2. The van der Waals surface area contributed by atoms with E-state index in [9.17, 15) is 14.7 Å². The molecule has 0 saturated heterocycles. The van der Waals surface area contributed by atoms with Crippen LogP contribution in [0.1, 0.15) is 33.6 Å². The fourth-order valence-electron chi connectivity index (χ4n) is 2.03. The Labute approximate surface area is 117 Å². The van der Waals surface area contributed by atoms with Gasteiger partial charge in [-0.15, -0.1) is 0 Å². The Morgan fingerprint density at radius 3 is 2.25 bits per heavy atom. The maximum Gasteiger partial charge on any atom is 1.00 e. The van der Waals surface area contributed by atoms with E-state index < -0.39 is 23.3 Å². The fraction of sp³-hybridized carbons (Fsp3) is 0.700. The first-order valence-corrected chi connectivity index (χ1v) is 5.08. The van der Waals surface area contributed by atoms with E-state index in [1.54, 1.807) is 6.92 Å². The summed E-state index contributed by atoms with van der Waals surface area (Å²) in [5.74, 6) is -1.23. The summed E-state index contributed by atoms with van der Waals surface area (Å²) in [4.78, 5) is 26.6. The van der Waals surface area contributed by atoms with Crippen LogP contribution in [0.3, 0.4) is 0 Å². The largest absolute Gasteiger partial charge is 1.00 e. The van der Waals surface area contributed by atoms with Gasteiger partial charge in [0.2, 0.25) is 5.91 Å². The van der Waals surface area contributed by atoms with E-state index in [0.717, 1.165) is 0 Å². The van der Waals surface area contributed by atoms with E-state index in [2.05, 4.69) is 10.3 Å². The molecule has 0 aromatic rings. The number of hydrogen-bond donors (Lipinski definition) is 1. The Hall–Kier alpha value is -0.390. The molecule has 1 N–H and O–H groups in total. The number of rotatable bonds is 3. The van der Waals surface area contributed by atoms with Gasteiger partial charge in [-0.3, -0.25) is 9.59 Å². The molecule has 1 aliphatic rings. The van der Waals surface area contributed by atoms with Gasteiger partial charge >= 0.3 is 29.6 Å². The van der Waals surface area contributed by atoms with E-state index in [4.69, 9.17) is 0 Å². The molecule has 0 aromatic carbocycles. The number of amidine groups is 1. The van der Waals surface area contributed by atoms with E-state index in [1.807, 2.05) is 13.8 Å². The van der Waals surface area contributed by atoms with Crippen molar-refractivity contribution in [3.63, 3.8) is 0 Å². The van der Waals surface area contributed by atoms with Gasteiger partial charge in [0.25, 0.3) is 5.91 Å². The molecule has 0 aromatic heterocycles. The third-order valence-corrected chi connectivity index (χ3v) is 3.14. The molecule has 1 aliphatic heterocycles. The van der Waals surface area contributed by atoms with E-state index in [-0.39, 0.29) is 35.5 Å². The zero-order chi connectivity index (χ0) is 11.6. The Morgan fingerprint density at radius 2 is 1.88 bits per heavy atom. The summed E-state index contributed by atoms with van der Waals surface area (Å²) in [6.45, 7) is 5.38. The molecule has 0 bridgehead atoms. The molecule has 0 spiro atoms. The van der Waals surface area contributed by atoms with Crippen LogP contribution in [0.2, 0.25) is 0 Å². The predicted octanol–water partition coefficient (Wildman–Crippen LogP) is -3.19. The third-order valence-electron chi connectivity index (χ3n) is 3.14. The maximum atomic E-state index is 11.7. The summed E-state index contributed by atoms with van der Waals surface area (Å²) >= 11 is 0. The number of aliphatic imine (C=N–C) groups is 1. The van der Waals surface area contributed by atoms with E-state index in [1.165, 1.54) is 0 Å². The number of hydrogen-bond acceptors (Lipinski definition) is 3. The average Bonchev–Trinajstić information content (AvgIpc) is 2.16. The first kappa shape index (κ1) is 15.6. The minimum absolute atomic E-state index is 0. The molecule has 1 heterocycles. The van der Waals surface area contributed by atoms with Crippen LogP contribution in [0, 0.1) is 11.3 Å². The van der Waals surface area contributed by atoms with Gasteiger partial charge in [-0.25, -0.2) is 4.99 Å². The van der Waals surface area contributed by atoms with Gasteiger partial charge in [0.1, 0.15) is 5.41 Å². The second kappa shape index (κ2) is 5.80. The average molecular weight is 234 g/mol. The third kappa shape index (κ3) is 2.47. The molecule has 0 aliphatic carbocycles. The molecule has 84 valence electrons. The standard InChI is InChI=1S/C10H16N2O3.Na/c1-4-6(5-2)10(3)7(13)11-9(15)12-8(10)14;/h6H,4-5H2,1-3H3,(H2,11,12,13,14,15);/q;+1/p-1. The number of nitrogens with one attached hydrogen (secondary N) is 1. The van der Waals surface area contributed by atoms with Crippen molar-refractivity contribution in [3.8, 4) is 0 Å². The molecule has 0 fully saturated rings. The SMILES string of the molecule is CCC(CC)C1(C)C(=O)N=C([O-])NC1=O.[Na+]. The molecule has 2 amide bonds. The van der Waals surface area contributed by atoms with Crippen LogP contribution in [-0.4, -0.2) is 17.8 Å². The molecule has 0 saturated carbocycles. The quantitative estimate of drug-likeness (QED) is 0.412. The van der Waals surface area contributed by atoms with Crippen molar-refractivity contribution >= 4 is 17.8 Å². The van der Waals surface area contributed by atoms with Gasteiger partial charge in [-0.05, 0) is 12.8 Å². The molecule has 1 unspecified atom stereocenters. The minimum Gasteiger partial charge on any atom is -0.846 e. The summed E-state index contributed by atoms with van der Waals surface area (Å²) in [7, 11) is 0. The molecular weight excluding hydrogens is 219 g/mol. The summed E-state index contributed by atoms with van der Waals surface area (Å²) in [5, 5.41) is 12.9. The van der Waals surface area contributed by atoms with E-state index in [0.29, 0.717) is 12.8 Å². The van der Waals surface area contributed by atoms with Gasteiger partial charge in [0.15, 0.2) is 0 Å². The molecule has 1 rings (SSSR count). The van der Waals surface area contributed by atoms with Gasteiger partial charge in [-0.2, -0.15) is 0 Å². The predicted molar refractivity (Wildman–Crippen MR) is 52.8 cm³/mol. The monoisotopic (exact) mass is 234 g/mol. The second-order valence-corrected chi connectivity index (χ2v) is 3.89. The smallest absolute Gasteiger partial charge is 0.846 e. The number of amides is 2. The maximum absolute atomic E-state index is 11.7. The van der Waals surface area contributed by atoms with Gasteiger partial charge in [0, 0.05) is 0 Å². The number of carbonyl (C=O) groups excluding carboxylic acids is 2. The zero-order valence-corrected chi connectivity index (χ0v) is 12.2. The van der Waals surface area contributed by atoms with Crippen LogP contribution >= 0.6 is 0 Å². The summed E-state index contributed by atoms with van der Waals surface area (Å²) in [5.41, 5.74) is -1.18. The molecular formula is C10H15N2NaO3. The van der Waals surface area contributed by atoms with Crippen molar-refractivity contribution in [2.45, 2.75) is 33.6 Å². The van der Waals surface area contributed by atoms with Crippen molar-refractivity contribution < 1.29 is 44.3 Å². The van der Waals surface area contributed by atoms with Gasteiger partial charge in [-0.1, -0.05) is 26.7 Å². The van der Waals surface area contributed by atoms with E-state index >= 15 is 0 Å². The van der Waals surface area contributed by atoms with Crippen molar-refractivity contribution in [2.24, 2.45) is 16.3 Å². The Balaban J connectivity index is 0.00000225. The fourth-order valence-corrected chi connectivity index (χ4v) is 2.03. The minimum atomic E-state index is -1.18. The van der Waals surface area contributed by atoms with Crippen LogP contribution in [0.5, 0.6) is 0 Å². The molecule has 1 atom stereocenters. The first-order valence-electron chi connectivity index (χ1n) is 5.08. The van der Waals surface area contributed by atoms with Gasteiger partial charge < -0.3 is 10.4 Å². The first-order chi connectivity index (χ1) is 6.96. The summed E-state index contributed by atoms with van der Waals surface area (Å²) in [6, 6.07) is -0.853. The second-order valence-electron chi connectivity index (χ2n) is 3.89. The molecule has 0 radical (unpaired) electrons. The van der Waals surface area contributed by atoms with Crippen molar-refractivity contribution in [1.82, 2.24) is 5.32 Å². The van der Waals surface area contributed by atoms with Crippen molar-refractivity contribution in [1.29, 1.82) is 0 Å². The van der Waals surface area contributed by atoms with Crippen LogP contribution in [0.4, 0.5) is 0 Å².